The minimum absolute atomic E-state index is 0.244. The molecule has 2 fully saturated rings. The maximum absolute atomic E-state index is 12.9. The number of hydrogen-bond acceptors (Lipinski definition) is 4. The highest BCUT2D eigenvalue weighted by atomic mass is 16.5. The van der Waals surface area contributed by atoms with Gasteiger partial charge in [0.15, 0.2) is 0 Å². The predicted octanol–water partition coefficient (Wildman–Crippen LogP) is 2.62. The van der Waals surface area contributed by atoms with Crippen LogP contribution in [-0.2, 0) is 9.59 Å². The first-order chi connectivity index (χ1) is 12.5. The Morgan fingerprint density at radius 2 is 1.81 bits per heavy atom. The summed E-state index contributed by atoms with van der Waals surface area (Å²) >= 11 is 0. The summed E-state index contributed by atoms with van der Waals surface area (Å²) in [4.78, 5) is 40.3. The Kier molecular flexibility index (Phi) is 5.15. The van der Waals surface area contributed by atoms with E-state index in [2.05, 4.69) is 5.32 Å². The van der Waals surface area contributed by atoms with Gasteiger partial charge in [0.1, 0.15) is 17.8 Å². The molecule has 1 spiro atoms. The van der Waals surface area contributed by atoms with Crippen molar-refractivity contribution in [3.8, 4) is 5.75 Å². The maximum Gasteiger partial charge on any atom is 0.327 e. The first-order valence-electron chi connectivity index (χ1n) is 9.10. The Bertz CT molecular complexity index is 695. The number of carbonyl (C=O) groups is 3. The second-order valence-corrected chi connectivity index (χ2v) is 6.83. The molecule has 140 valence electrons. The number of rotatable bonds is 5. The molecule has 1 saturated heterocycles. The van der Waals surface area contributed by atoms with Gasteiger partial charge in [0.05, 0.1) is 6.61 Å². The Morgan fingerprint density at radius 1 is 1.15 bits per heavy atom. The number of carbonyl (C=O) groups excluding carboxylic acids is 3. The summed E-state index contributed by atoms with van der Waals surface area (Å²) in [5.74, 6) is 0.0833. The minimum atomic E-state index is -0.755. The summed E-state index contributed by atoms with van der Waals surface area (Å²) in [6.45, 7) is 2.20. The molecule has 7 heteroatoms. The Hall–Kier alpha value is -2.57. The molecule has 1 aliphatic heterocycles. The Balaban J connectivity index is 1.65. The summed E-state index contributed by atoms with van der Waals surface area (Å²) in [5.41, 5.74) is -0.160. The average Bonchev–Trinajstić information content (AvgIpc) is 2.81. The average molecular weight is 359 g/mol. The second kappa shape index (κ2) is 7.35. The van der Waals surface area contributed by atoms with Gasteiger partial charge < -0.3 is 15.0 Å². The smallest absolute Gasteiger partial charge is 0.327 e. The molecule has 1 aliphatic carbocycles. The molecule has 0 atom stereocenters. The van der Waals surface area contributed by atoms with Gasteiger partial charge in [-0.3, -0.25) is 14.5 Å². The molecular weight excluding hydrogens is 334 g/mol. The van der Waals surface area contributed by atoms with E-state index in [0.717, 1.165) is 29.9 Å². The normalized spacial score (nSPS) is 19.2. The van der Waals surface area contributed by atoms with Crippen LogP contribution in [0.1, 0.15) is 39.0 Å². The van der Waals surface area contributed by atoms with E-state index in [-0.39, 0.29) is 12.5 Å². The zero-order valence-corrected chi connectivity index (χ0v) is 15.3. The van der Waals surface area contributed by atoms with Gasteiger partial charge in [-0.15, -0.1) is 0 Å². The maximum atomic E-state index is 12.9. The predicted molar refractivity (Wildman–Crippen MR) is 96.9 cm³/mol. The fraction of sp³-hybridized carbons (Fsp3) is 0.526. The van der Waals surface area contributed by atoms with Crippen LogP contribution in [0.25, 0.3) is 0 Å². The zero-order chi connectivity index (χ0) is 18.7. The highest BCUT2D eigenvalue weighted by Gasteiger charge is 2.55. The van der Waals surface area contributed by atoms with E-state index < -0.39 is 17.5 Å². The van der Waals surface area contributed by atoms with Crippen molar-refractivity contribution in [1.29, 1.82) is 0 Å². The van der Waals surface area contributed by atoms with Gasteiger partial charge in [0, 0.05) is 12.7 Å². The standard InChI is InChI=1S/C19H25N3O4/c1-3-26-15-9-7-14(8-10-15)20-16(23)13-22-17(24)19(21(2)18(22)25)11-5-4-6-12-19/h7-10H,3-6,11-13H2,1-2H3,(H,20,23). The van der Waals surface area contributed by atoms with Crippen molar-refractivity contribution in [2.45, 2.75) is 44.6 Å². The Labute approximate surface area is 153 Å². The van der Waals surface area contributed by atoms with E-state index in [1.54, 1.807) is 31.3 Å². The van der Waals surface area contributed by atoms with Crippen molar-refractivity contribution in [2.24, 2.45) is 0 Å². The lowest BCUT2D eigenvalue weighted by molar-refractivity contribution is -0.136. The van der Waals surface area contributed by atoms with Crippen LogP contribution in [0, 0.1) is 0 Å². The topological polar surface area (TPSA) is 79.0 Å². The largest absolute Gasteiger partial charge is 0.494 e. The van der Waals surface area contributed by atoms with Gasteiger partial charge in [0.25, 0.3) is 5.91 Å². The first kappa shape index (κ1) is 18.2. The lowest BCUT2D eigenvalue weighted by Crippen LogP contribution is -2.49. The molecule has 0 radical (unpaired) electrons. The number of benzene rings is 1. The van der Waals surface area contributed by atoms with E-state index in [0.29, 0.717) is 25.1 Å². The van der Waals surface area contributed by atoms with E-state index in [1.165, 1.54) is 4.90 Å². The van der Waals surface area contributed by atoms with Gasteiger partial charge in [-0.05, 0) is 44.0 Å². The van der Waals surface area contributed by atoms with E-state index >= 15 is 0 Å². The summed E-state index contributed by atoms with van der Waals surface area (Å²) < 4.78 is 5.36. The number of nitrogens with one attached hydrogen (secondary N) is 1. The number of nitrogens with zero attached hydrogens (tertiary/aromatic N) is 2. The first-order valence-corrected chi connectivity index (χ1v) is 9.10. The summed E-state index contributed by atoms with van der Waals surface area (Å²) in [6.07, 6.45) is 4.27. The van der Waals surface area contributed by atoms with E-state index in [4.69, 9.17) is 4.74 Å². The second-order valence-electron chi connectivity index (χ2n) is 6.83. The number of likely N-dealkylation sites (N-methyl/N-ethyl adjacent to an activating group) is 1. The van der Waals surface area contributed by atoms with Crippen molar-refractivity contribution < 1.29 is 19.1 Å². The molecule has 3 rings (SSSR count). The number of imide groups is 1. The van der Waals surface area contributed by atoms with Crippen LogP contribution in [-0.4, -0.2) is 53.4 Å². The molecule has 1 saturated carbocycles. The van der Waals surface area contributed by atoms with Crippen LogP contribution in [0.4, 0.5) is 10.5 Å². The fourth-order valence-electron chi connectivity index (χ4n) is 3.82. The fourth-order valence-corrected chi connectivity index (χ4v) is 3.82. The van der Waals surface area contributed by atoms with Crippen LogP contribution in [0.3, 0.4) is 0 Å². The van der Waals surface area contributed by atoms with Gasteiger partial charge in [-0.25, -0.2) is 4.79 Å². The number of hydrogen-bond donors (Lipinski definition) is 1. The lowest BCUT2D eigenvalue weighted by Gasteiger charge is -2.35. The van der Waals surface area contributed by atoms with Crippen LogP contribution in [0.15, 0.2) is 24.3 Å². The number of urea groups is 1. The van der Waals surface area contributed by atoms with Crippen LogP contribution in [0.5, 0.6) is 5.75 Å². The van der Waals surface area contributed by atoms with Crippen molar-refractivity contribution in [2.75, 3.05) is 25.5 Å². The number of ether oxygens (including phenoxy) is 1. The zero-order valence-electron chi connectivity index (χ0n) is 15.3. The molecule has 26 heavy (non-hydrogen) atoms. The highest BCUT2D eigenvalue weighted by Crippen LogP contribution is 2.39. The van der Waals surface area contributed by atoms with Crippen LogP contribution < -0.4 is 10.1 Å². The molecule has 1 N–H and O–H groups in total. The molecule has 0 bridgehead atoms. The molecule has 7 nitrogen and oxygen atoms in total. The van der Waals surface area contributed by atoms with E-state index in [1.807, 2.05) is 6.92 Å². The molecule has 1 aromatic rings. The third kappa shape index (κ3) is 3.25. The quantitative estimate of drug-likeness (QED) is 0.820. The van der Waals surface area contributed by atoms with Gasteiger partial charge >= 0.3 is 6.03 Å². The van der Waals surface area contributed by atoms with Crippen molar-refractivity contribution in [1.82, 2.24) is 9.80 Å². The van der Waals surface area contributed by atoms with Crippen molar-refractivity contribution in [3.05, 3.63) is 24.3 Å². The van der Waals surface area contributed by atoms with Crippen LogP contribution >= 0.6 is 0 Å². The number of amides is 4. The Morgan fingerprint density at radius 3 is 2.42 bits per heavy atom. The summed E-state index contributed by atoms with van der Waals surface area (Å²) in [7, 11) is 1.66. The van der Waals surface area contributed by atoms with Crippen molar-refractivity contribution in [3.63, 3.8) is 0 Å². The third-order valence-corrected chi connectivity index (χ3v) is 5.23. The summed E-state index contributed by atoms with van der Waals surface area (Å²) in [6, 6.07) is 6.58. The SMILES string of the molecule is CCOc1ccc(NC(=O)CN2C(=O)N(C)C3(CCCCC3)C2=O)cc1. The molecule has 2 aliphatic rings. The molecule has 1 aromatic carbocycles. The van der Waals surface area contributed by atoms with E-state index in [9.17, 15) is 14.4 Å². The van der Waals surface area contributed by atoms with Crippen LogP contribution in [0.2, 0.25) is 0 Å². The number of anilines is 1. The third-order valence-electron chi connectivity index (χ3n) is 5.23. The molecule has 0 aromatic heterocycles. The highest BCUT2D eigenvalue weighted by molar-refractivity contribution is 6.10. The lowest BCUT2D eigenvalue weighted by atomic mass is 9.81. The van der Waals surface area contributed by atoms with Gasteiger partial charge in [0.2, 0.25) is 5.91 Å². The molecular formula is C19H25N3O4. The molecule has 0 unspecified atom stereocenters. The van der Waals surface area contributed by atoms with Gasteiger partial charge in [-0.1, -0.05) is 19.3 Å². The minimum Gasteiger partial charge on any atom is -0.494 e. The van der Waals surface area contributed by atoms with Crippen molar-refractivity contribution >= 4 is 23.5 Å². The van der Waals surface area contributed by atoms with Gasteiger partial charge in [-0.2, -0.15) is 0 Å². The molecule has 1 heterocycles. The molecule has 4 amide bonds. The monoisotopic (exact) mass is 359 g/mol. The summed E-state index contributed by atoms with van der Waals surface area (Å²) in [5, 5.41) is 2.73.